The van der Waals surface area contributed by atoms with Gasteiger partial charge in [-0.2, -0.15) is 0 Å². The standard InChI is InChI=1S/C28H28ClFN8O4/c1-14-6-4-8-19(34-27(40)24-15(2)38(37-36-24)22-9-5-7-18(29)23(22)30)21-13-31-25(33-21)17-11-10-16(32-28(41)42-3)12-20(17)35-26(14)39/h5,7,9-14,19H,4,6,8H2,1-3H3,(H,31,33)(H,32,41)(H,34,40)(H,35,39). The summed E-state index contributed by atoms with van der Waals surface area (Å²) in [6.45, 7) is 3.44. The van der Waals surface area contributed by atoms with E-state index in [4.69, 9.17) is 11.6 Å². The molecule has 0 radical (unpaired) electrons. The number of carbonyl (C=O) groups is 3. The second kappa shape index (κ2) is 12.0. The molecule has 2 aromatic carbocycles. The topological polar surface area (TPSA) is 156 Å². The average molecular weight is 595 g/mol. The Kier molecular flexibility index (Phi) is 8.20. The van der Waals surface area contributed by atoms with E-state index in [2.05, 4.69) is 41.0 Å². The number of H-pyrrole nitrogens is 1. The van der Waals surface area contributed by atoms with Gasteiger partial charge < -0.3 is 20.4 Å². The van der Waals surface area contributed by atoms with Crippen LogP contribution in [0.3, 0.4) is 0 Å². The fraction of sp³-hybridized carbons (Fsp3) is 0.286. The number of nitrogens with zero attached hydrogens (tertiary/aromatic N) is 4. The highest BCUT2D eigenvalue weighted by molar-refractivity contribution is 6.30. The van der Waals surface area contributed by atoms with Gasteiger partial charge in [0.1, 0.15) is 11.5 Å². The second-order valence-electron chi connectivity index (χ2n) is 9.92. The summed E-state index contributed by atoms with van der Waals surface area (Å²) in [7, 11) is 1.26. The number of halogens is 2. The van der Waals surface area contributed by atoms with E-state index in [9.17, 15) is 18.8 Å². The Morgan fingerprint density at radius 1 is 1.21 bits per heavy atom. The first-order chi connectivity index (χ1) is 20.2. The fourth-order valence-electron chi connectivity index (χ4n) is 4.72. The summed E-state index contributed by atoms with van der Waals surface area (Å²) in [5, 5.41) is 16.4. The van der Waals surface area contributed by atoms with Gasteiger partial charge in [0.25, 0.3) is 5.91 Å². The second-order valence-corrected chi connectivity index (χ2v) is 10.3. The summed E-state index contributed by atoms with van der Waals surface area (Å²) < 4.78 is 20.5. The minimum absolute atomic E-state index is 0.0314. The fourth-order valence-corrected chi connectivity index (χ4v) is 4.89. The SMILES string of the molecule is COC(=O)Nc1ccc2c(c1)NC(=O)C(C)CCCC(NC(=O)c1nnn(-c3cccc(Cl)c3F)c1C)c1cnc-2[nH]1. The quantitative estimate of drug-likeness (QED) is 0.254. The number of imidazole rings is 1. The average Bonchev–Trinajstić information content (AvgIpc) is 3.60. The van der Waals surface area contributed by atoms with E-state index >= 15 is 0 Å². The van der Waals surface area contributed by atoms with Crippen molar-refractivity contribution in [3.05, 3.63) is 70.5 Å². The van der Waals surface area contributed by atoms with Gasteiger partial charge in [0.2, 0.25) is 5.91 Å². The number of fused-ring (bicyclic) bond motifs is 4. The molecule has 0 aliphatic carbocycles. The van der Waals surface area contributed by atoms with Crippen LogP contribution in [0.2, 0.25) is 5.02 Å². The first-order valence-electron chi connectivity index (χ1n) is 13.2. The number of methoxy groups -OCH3 is 1. The molecule has 0 fully saturated rings. The molecule has 4 aromatic rings. The molecule has 0 saturated heterocycles. The summed E-state index contributed by atoms with van der Waals surface area (Å²) >= 11 is 5.92. The van der Waals surface area contributed by atoms with Crippen LogP contribution in [0, 0.1) is 18.7 Å². The van der Waals surface area contributed by atoms with Crippen LogP contribution in [-0.4, -0.2) is 50.0 Å². The van der Waals surface area contributed by atoms with Crippen molar-refractivity contribution in [2.45, 2.75) is 39.2 Å². The summed E-state index contributed by atoms with van der Waals surface area (Å²) in [4.78, 5) is 45.9. The normalized spacial score (nSPS) is 16.8. The molecule has 1 aliphatic heterocycles. The number of rotatable bonds is 4. The van der Waals surface area contributed by atoms with Crippen LogP contribution in [0.4, 0.5) is 20.6 Å². The molecule has 2 unspecified atom stereocenters. The first kappa shape index (κ1) is 28.7. The zero-order valence-corrected chi connectivity index (χ0v) is 23.8. The summed E-state index contributed by atoms with van der Waals surface area (Å²) in [5.41, 5.74) is 2.55. The molecule has 2 atom stereocenters. The lowest BCUT2D eigenvalue weighted by Gasteiger charge is -2.20. The number of aromatic amines is 1. The Bertz CT molecular complexity index is 1670. The smallest absolute Gasteiger partial charge is 0.411 e. The van der Waals surface area contributed by atoms with Crippen molar-refractivity contribution >= 4 is 40.9 Å². The molecule has 2 bridgehead atoms. The lowest BCUT2D eigenvalue weighted by atomic mass is 9.98. The number of benzene rings is 2. The highest BCUT2D eigenvalue weighted by Gasteiger charge is 2.26. The minimum atomic E-state index is -0.671. The van der Waals surface area contributed by atoms with Crippen LogP contribution in [0.5, 0.6) is 0 Å². The molecule has 5 rings (SSSR count). The number of hydrogen-bond donors (Lipinski definition) is 4. The van der Waals surface area contributed by atoms with Gasteiger partial charge in [0.05, 0.1) is 41.4 Å². The molecule has 218 valence electrons. The van der Waals surface area contributed by atoms with Gasteiger partial charge in [-0.1, -0.05) is 36.2 Å². The van der Waals surface area contributed by atoms with Gasteiger partial charge in [-0.25, -0.2) is 18.9 Å². The minimum Gasteiger partial charge on any atom is -0.453 e. The molecule has 3 heterocycles. The van der Waals surface area contributed by atoms with E-state index < -0.39 is 23.9 Å². The van der Waals surface area contributed by atoms with Crippen molar-refractivity contribution in [2.24, 2.45) is 5.92 Å². The van der Waals surface area contributed by atoms with Crippen LogP contribution in [-0.2, 0) is 9.53 Å². The summed E-state index contributed by atoms with van der Waals surface area (Å²) in [6, 6.07) is 9.00. The molecular formula is C28H28ClFN8O4. The molecule has 3 amide bonds. The Hall–Kier alpha value is -4.78. The van der Waals surface area contributed by atoms with Crippen LogP contribution in [0.1, 0.15) is 54.1 Å². The Morgan fingerprint density at radius 2 is 2.02 bits per heavy atom. The highest BCUT2D eigenvalue weighted by atomic mass is 35.5. The molecule has 4 N–H and O–H groups in total. The number of ether oxygens (including phenoxy) is 1. The van der Waals surface area contributed by atoms with Crippen molar-refractivity contribution < 1.29 is 23.5 Å². The van der Waals surface area contributed by atoms with Crippen molar-refractivity contribution in [3.63, 3.8) is 0 Å². The maximum atomic E-state index is 14.6. The van der Waals surface area contributed by atoms with Gasteiger partial charge in [0, 0.05) is 17.2 Å². The van der Waals surface area contributed by atoms with Crippen LogP contribution in [0.25, 0.3) is 17.1 Å². The van der Waals surface area contributed by atoms with Gasteiger partial charge >= 0.3 is 6.09 Å². The largest absolute Gasteiger partial charge is 0.453 e. The third-order valence-electron chi connectivity index (χ3n) is 7.09. The van der Waals surface area contributed by atoms with Gasteiger partial charge in [-0.05, 0) is 50.1 Å². The maximum absolute atomic E-state index is 14.6. The molecular weight excluding hydrogens is 567 g/mol. The number of aromatic nitrogens is 5. The van der Waals surface area contributed by atoms with Crippen molar-refractivity contribution in [1.82, 2.24) is 30.3 Å². The molecule has 0 spiro atoms. The number of anilines is 2. The Labute approximate surface area is 245 Å². The molecule has 1 aliphatic rings. The van der Waals surface area contributed by atoms with Crippen LogP contribution in [0.15, 0.2) is 42.6 Å². The van der Waals surface area contributed by atoms with E-state index in [0.717, 1.165) is 0 Å². The molecule has 12 nitrogen and oxygen atoms in total. The lowest BCUT2D eigenvalue weighted by molar-refractivity contribution is -0.119. The third-order valence-corrected chi connectivity index (χ3v) is 7.38. The monoisotopic (exact) mass is 594 g/mol. The highest BCUT2D eigenvalue weighted by Crippen LogP contribution is 2.32. The van der Waals surface area contributed by atoms with Gasteiger partial charge in [-0.15, -0.1) is 5.10 Å². The lowest BCUT2D eigenvalue weighted by Crippen LogP contribution is -2.30. The van der Waals surface area contributed by atoms with Crippen LogP contribution < -0.4 is 16.0 Å². The van der Waals surface area contributed by atoms with E-state index in [1.54, 1.807) is 37.4 Å². The first-order valence-corrected chi connectivity index (χ1v) is 13.6. The van der Waals surface area contributed by atoms with E-state index in [0.29, 0.717) is 53.4 Å². The Balaban J connectivity index is 1.45. The van der Waals surface area contributed by atoms with Crippen molar-refractivity contribution in [3.8, 4) is 17.1 Å². The van der Waals surface area contributed by atoms with E-state index in [1.807, 2.05) is 6.92 Å². The zero-order valence-electron chi connectivity index (χ0n) is 23.0. The predicted molar refractivity (Wildman–Crippen MR) is 153 cm³/mol. The van der Waals surface area contributed by atoms with E-state index in [-0.39, 0.29) is 28.2 Å². The summed E-state index contributed by atoms with van der Waals surface area (Å²) in [5.74, 6) is -1.24. The molecule has 2 aromatic heterocycles. The van der Waals surface area contributed by atoms with E-state index in [1.165, 1.54) is 23.9 Å². The van der Waals surface area contributed by atoms with Crippen LogP contribution >= 0.6 is 11.6 Å². The number of amides is 3. The zero-order chi connectivity index (χ0) is 30.0. The predicted octanol–water partition coefficient (Wildman–Crippen LogP) is 5.17. The number of carbonyl (C=O) groups excluding carboxylic acids is 3. The van der Waals surface area contributed by atoms with Gasteiger partial charge in [-0.3, -0.25) is 14.9 Å². The number of nitrogens with one attached hydrogen (secondary N) is 4. The Morgan fingerprint density at radius 3 is 2.81 bits per heavy atom. The van der Waals surface area contributed by atoms with Crippen molar-refractivity contribution in [2.75, 3.05) is 17.7 Å². The summed E-state index contributed by atoms with van der Waals surface area (Å²) in [6.07, 6.45) is 2.66. The number of hydrogen-bond acceptors (Lipinski definition) is 7. The third kappa shape index (κ3) is 5.81. The molecule has 0 saturated carbocycles. The van der Waals surface area contributed by atoms with Gasteiger partial charge in [0.15, 0.2) is 11.5 Å². The maximum Gasteiger partial charge on any atom is 0.411 e. The van der Waals surface area contributed by atoms with Crippen molar-refractivity contribution in [1.29, 1.82) is 0 Å². The molecule has 42 heavy (non-hydrogen) atoms. The molecule has 14 heteroatoms.